The van der Waals surface area contributed by atoms with Crippen LogP contribution in [0.1, 0.15) is 41.0 Å². The highest BCUT2D eigenvalue weighted by molar-refractivity contribution is 7.09. The second kappa shape index (κ2) is 5.48. The lowest BCUT2D eigenvalue weighted by Gasteiger charge is -2.21. The minimum atomic E-state index is 0.384. The highest BCUT2D eigenvalue weighted by Gasteiger charge is 2.28. The van der Waals surface area contributed by atoms with Gasteiger partial charge in [-0.25, -0.2) is 9.97 Å². The first-order valence-electron chi connectivity index (χ1n) is 7.80. The lowest BCUT2D eigenvalue weighted by atomic mass is 10.2. The molecule has 1 aromatic carbocycles. The van der Waals surface area contributed by atoms with Gasteiger partial charge in [-0.3, -0.25) is 4.90 Å². The number of aryl methyl sites for hydroxylation is 2. The molecule has 0 saturated carbocycles. The second-order valence-corrected chi connectivity index (χ2v) is 7.19. The van der Waals surface area contributed by atoms with Crippen molar-refractivity contribution < 1.29 is 0 Å². The van der Waals surface area contributed by atoms with Crippen LogP contribution < -0.4 is 0 Å². The molecule has 3 heterocycles. The van der Waals surface area contributed by atoms with Crippen molar-refractivity contribution in [3.63, 3.8) is 0 Å². The average molecular weight is 312 g/mol. The number of rotatable bonds is 3. The van der Waals surface area contributed by atoms with Crippen LogP contribution in [0, 0.1) is 13.8 Å². The highest BCUT2D eigenvalue weighted by Crippen LogP contribution is 2.32. The largest absolute Gasteiger partial charge is 0.341 e. The molecule has 1 aliphatic heterocycles. The molecule has 4 rings (SSSR count). The minimum Gasteiger partial charge on any atom is -0.341 e. The molecular formula is C17H20N4S. The zero-order valence-electron chi connectivity index (χ0n) is 13.0. The molecule has 4 nitrogen and oxygen atoms in total. The van der Waals surface area contributed by atoms with E-state index in [-0.39, 0.29) is 0 Å². The number of hydrogen-bond donors (Lipinski definition) is 1. The Morgan fingerprint density at radius 1 is 1.32 bits per heavy atom. The van der Waals surface area contributed by atoms with E-state index in [9.17, 15) is 0 Å². The third-order valence-electron chi connectivity index (χ3n) is 4.37. The lowest BCUT2D eigenvalue weighted by Crippen LogP contribution is -2.23. The molecule has 0 unspecified atom stereocenters. The van der Waals surface area contributed by atoms with Gasteiger partial charge in [-0.2, -0.15) is 0 Å². The standard InChI is InChI=1S/C17H20N4S/c1-11-5-6-14-15(8-11)20-17(19-14)16-4-3-7-21(16)9-13-10-22-12(2)18-13/h5-6,8,10,16H,3-4,7,9H2,1-2H3,(H,19,20)/t16-/m0/s1. The summed E-state index contributed by atoms with van der Waals surface area (Å²) in [6, 6.07) is 6.79. The number of thiazole rings is 1. The van der Waals surface area contributed by atoms with Crippen LogP contribution in [0.25, 0.3) is 11.0 Å². The Balaban J connectivity index is 1.61. The van der Waals surface area contributed by atoms with E-state index in [4.69, 9.17) is 4.98 Å². The lowest BCUT2D eigenvalue weighted by molar-refractivity contribution is 0.238. The molecule has 5 heteroatoms. The maximum absolute atomic E-state index is 4.82. The quantitative estimate of drug-likeness (QED) is 0.796. The van der Waals surface area contributed by atoms with Gasteiger partial charge in [-0.15, -0.1) is 11.3 Å². The van der Waals surface area contributed by atoms with Crippen molar-refractivity contribution in [1.82, 2.24) is 19.9 Å². The predicted octanol–water partition coefficient (Wildman–Crippen LogP) is 3.97. The smallest absolute Gasteiger partial charge is 0.124 e. The Kier molecular flexibility index (Phi) is 3.47. The van der Waals surface area contributed by atoms with Crippen LogP contribution in [-0.4, -0.2) is 26.4 Å². The summed E-state index contributed by atoms with van der Waals surface area (Å²) in [7, 11) is 0. The van der Waals surface area contributed by atoms with Crippen molar-refractivity contribution in [2.24, 2.45) is 0 Å². The summed E-state index contributed by atoms with van der Waals surface area (Å²) in [4.78, 5) is 15.4. The Bertz CT molecular complexity index is 804. The molecule has 1 N–H and O–H groups in total. The van der Waals surface area contributed by atoms with Gasteiger partial charge < -0.3 is 4.98 Å². The number of benzene rings is 1. The summed E-state index contributed by atoms with van der Waals surface area (Å²) in [5.41, 5.74) is 4.66. The van der Waals surface area contributed by atoms with Gasteiger partial charge in [0.15, 0.2) is 0 Å². The van der Waals surface area contributed by atoms with Crippen molar-refractivity contribution in [3.8, 4) is 0 Å². The second-order valence-electron chi connectivity index (χ2n) is 6.13. The van der Waals surface area contributed by atoms with Crippen LogP contribution >= 0.6 is 11.3 Å². The summed E-state index contributed by atoms with van der Waals surface area (Å²) in [5, 5.41) is 3.32. The SMILES string of the molecule is Cc1ccc2nc([C@@H]3CCCN3Cc3csc(C)n3)[nH]c2c1. The van der Waals surface area contributed by atoms with Crippen LogP contribution in [0.3, 0.4) is 0 Å². The summed E-state index contributed by atoms with van der Waals surface area (Å²) < 4.78 is 0. The maximum atomic E-state index is 4.82. The number of H-pyrrole nitrogens is 1. The first-order chi connectivity index (χ1) is 10.7. The van der Waals surface area contributed by atoms with Crippen LogP contribution in [-0.2, 0) is 6.54 Å². The first kappa shape index (κ1) is 13.9. The molecule has 0 bridgehead atoms. The molecule has 22 heavy (non-hydrogen) atoms. The summed E-state index contributed by atoms with van der Waals surface area (Å²) in [6.45, 7) is 6.23. The number of likely N-dealkylation sites (tertiary alicyclic amines) is 1. The van der Waals surface area contributed by atoms with E-state index in [1.807, 2.05) is 0 Å². The zero-order chi connectivity index (χ0) is 15.1. The number of aromatic nitrogens is 3. The molecule has 0 spiro atoms. The number of hydrogen-bond acceptors (Lipinski definition) is 4. The Labute approximate surface area is 134 Å². The van der Waals surface area contributed by atoms with Crippen LogP contribution in [0.4, 0.5) is 0 Å². The van der Waals surface area contributed by atoms with Crippen LogP contribution in [0.15, 0.2) is 23.6 Å². The van der Waals surface area contributed by atoms with Crippen LogP contribution in [0.5, 0.6) is 0 Å². The Morgan fingerprint density at radius 2 is 2.23 bits per heavy atom. The predicted molar refractivity (Wildman–Crippen MR) is 90.1 cm³/mol. The molecule has 0 aliphatic carbocycles. The number of imidazole rings is 1. The third-order valence-corrected chi connectivity index (χ3v) is 5.19. The molecule has 0 radical (unpaired) electrons. The summed E-state index contributed by atoms with van der Waals surface area (Å²) in [5.74, 6) is 1.10. The third kappa shape index (κ3) is 2.55. The average Bonchev–Trinajstić information content (AvgIpc) is 3.18. The first-order valence-corrected chi connectivity index (χ1v) is 8.68. The highest BCUT2D eigenvalue weighted by atomic mass is 32.1. The van der Waals surface area contributed by atoms with Crippen molar-refractivity contribution in [2.45, 2.75) is 39.3 Å². The van der Waals surface area contributed by atoms with E-state index >= 15 is 0 Å². The van der Waals surface area contributed by atoms with Gasteiger partial charge in [-0.05, 0) is 50.9 Å². The topological polar surface area (TPSA) is 44.8 Å². The van der Waals surface area contributed by atoms with Crippen LogP contribution in [0.2, 0.25) is 0 Å². The fourth-order valence-corrected chi connectivity index (χ4v) is 3.92. The van der Waals surface area contributed by atoms with E-state index in [0.717, 1.165) is 35.0 Å². The number of nitrogens with one attached hydrogen (secondary N) is 1. The zero-order valence-corrected chi connectivity index (χ0v) is 13.8. The Morgan fingerprint density at radius 3 is 3.05 bits per heavy atom. The normalized spacial score (nSPS) is 19.3. The van der Waals surface area contributed by atoms with Gasteiger partial charge in [0.2, 0.25) is 0 Å². The van der Waals surface area contributed by atoms with Gasteiger partial charge in [0.25, 0.3) is 0 Å². The van der Waals surface area contributed by atoms with E-state index in [1.54, 1.807) is 11.3 Å². The molecule has 0 amide bonds. The minimum absolute atomic E-state index is 0.384. The number of fused-ring (bicyclic) bond motifs is 1. The molecule has 2 aromatic heterocycles. The van der Waals surface area contributed by atoms with Gasteiger partial charge in [-0.1, -0.05) is 6.07 Å². The van der Waals surface area contributed by atoms with Gasteiger partial charge in [0.05, 0.1) is 27.8 Å². The van der Waals surface area contributed by atoms with E-state index in [0.29, 0.717) is 6.04 Å². The van der Waals surface area contributed by atoms with Gasteiger partial charge >= 0.3 is 0 Å². The Hall–Kier alpha value is -1.72. The van der Waals surface area contributed by atoms with E-state index in [1.165, 1.54) is 24.1 Å². The molecule has 1 aliphatic rings. The number of aromatic amines is 1. The fourth-order valence-electron chi connectivity index (χ4n) is 3.31. The monoisotopic (exact) mass is 312 g/mol. The molecule has 1 fully saturated rings. The van der Waals surface area contributed by atoms with Crippen molar-refractivity contribution in [3.05, 3.63) is 45.7 Å². The summed E-state index contributed by atoms with van der Waals surface area (Å²) >= 11 is 1.73. The van der Waals surface area contributed by atoms with Gasteiger partial charge in [0, 0.05) is 11.9 Å². The molecule has 1 atom stereocenters. The van der Waals surface area contributed by atoms with Crippen molar-refractivity contribution >= 4 is 22.4 Å². The maximum Gasteiger partial charge on any atom is 0.124 e. The van der Waals surface area contributed by atoms with E-state index < -0.39 is 0 Å². The number of nitrogens with zero attached hydrogens (tertiary/aromatic N) is 3. The van der Waals surface area contributed by atoms with Gasteiger partial charge in [0.1, 0.15) is 5.82 Å². The molecule has 114 valence electrons. The molecular weight excluding hydrogens is 292 g/mol. The van der Waals surface area contributed by atoms with Crippen molar-refractivity contribution in [1.29, 1.82) is 0 Å². The fraction of sp³-hybridized carbons (Fsp3) is 0.412. The summed E-state index contributed by atoms with van der Waals surface area (Å²) in [6.07, 6.45) is 2.39. The van der Waals surface area contributed by atoms with Crippen molar-refractivity contribution in [2.75, 3.05) is 6.54 Å². The molecule has 1 saturated heterocycles. The molecule has 3 aromatic rings. The van der Waals surface area contributed by atoms with E-state index in [2.05, 4.69) is 52.3 Å².